The lowest BCUT2D eigenvalue weighted by atomic mass is 10.1. The van der Waals surface area contributed by atoms with Crippen LogP contribution >= 0.6 is 0 Å². The van der Waals surface area contributed by atoms with E-state index in [0.29, 0.717) is 11.7 Å². The number of nitrogens with one attached hydrogen (secondary N) is 1. The SMILES string of the molecule is CCCCS(=O)(=O)CC(NCCC)C(C)C. The second-order valence-electron chi connectivity index (χ2n) is 4.77. The molecule has 1 N–H and O–H groups in total. The molecule has 0 rings (SSSR count). The highest BCUT2D eigenvalue weighted by Gasteiger charge is 2.20. The quantitative estimate of drug-likeness (QED) is 0.681. The van der Waals surface area contributed by atoms with Gasteiger partial charge in [0.05, 0.1) is 11.5 Å². The molecule has 0 bridgehead atoms. The van der Waals surface area contributed by atoms with Crippen molar-refractivity contribution in [2.24, 2.45) is 5.92 Å². The van der Waals surface area contributed by atoms with Crippen LogP contribution in [0.2, 0.25) is 0 Å². The van der Waals surface area contributed by atoms with E-state index in [1.54, 1.807) is 0 Å². The number of unbranched alkanes of at least 4 members (excludes halogenated alkanes) is 1. The standard InChI is InChI=1S/C12H27NO2S/c1-5-7-9-16(14,15)10-12(11(3)4)13-8-6-2/h11-13H,5-10H2,1-4H3. The van der Waals surface area contributed by atoms with Crippen molar-refractivity contribution in [3.63, 3.8) is 0 Å². The molecule has 1 unspecified atom stereocenters. The first-order chi connectivity index (χ1) is 7.43. The summed E-state index contributed by atoms with van der Waals surface area (Å²) in [7, 11) is -2.88. The first-order valence-electron chi connectivity index (χ1n) is 6.36. The maximum absolute atomic E-state index is 11.8. The van der Waals surface area contributed by atoms with Crippen LogP contribution in [0.15, 0.2) is 0 Å². The minimum Gasteiger partial charge on any atom is -0.313 e. The van der Waals surface area contributed by atoms with Crippen molar-refractivity contribution in [2.45, 2.75) is 53.0 Å². The molecule has 4 heteroatoms. The summed E-state index contributed by atoms with van der Waals surface area (Å²) in [5.74, 6) is 0.980. The van der Waals surface area contributed by atoms with E-state index >= 15 is 0 Å². The maximum atomic E-state index is 11.8. The molecule has 0 heterocycles. The molecule has 0 aliphatic heterocycles. The molecule has 1 atom stereocenters. The Morgan fingerprint density at radius 3 is 2.19 bits per heavy atom. The minimum absolute atomic E-state index is 0.0989. The summed E-state index contributed by atoms with van der Waals surface area (Å²) in [6, 6.07) is 0.0989. The van der Waals surface area contributed by atoms with Gasteiger partial charge in [-0.2, -0.15) is 0 Å². The van der Waals surface area contributed by atoms with Crippen LogP contribution in [0.1, 0.15) is 47.0 Å². The van der Waals surface area contributed by atoms with E-state index in [9.17, 15) is 8.42 Å². The van der Waals surface area contributed by atoms with Gasteiger partial charge in [-0.3, -0.25) is 0 Å². The van der Waals surface area contributed by atoms with Gasteiger partial charge in [-0.25, -0.2) is 8.42 Å². The average Bonchev–Trinajstić information content (AvgIpc) is 2.21. The summed E-state index contributed by atoms with van der Waals surface area (Å²) >= 11 is 0. The Balaban J connectivity index is 4.26. The molecule has 16 heavy (non-hydrogen) atoms. The van der Waals surface area contributed by atoms with Crippen molar-refractivity contribution in [2.75, 3.05) is 18.1 Å². The Kier molecular flexibility index (Phi) is 8.02. The van der Waals surface area contributed by atoms with Gasteiger partial charge in [-0.15, -0.1) is 0 Å². The van der Waals surface area contributed by atoms with Gasteiger partial charge in [0.25, 0.3) is 0 Å². The van der Waals surface area contributed by atoms with E-state index < -0.39 is 9.84 Å². The van der Waals surface area contributed by atoms with Gasteiger partial charge < -0.3 is 5.32 Å². The minimum atomic E-state index is -2.88. The summed E-state index contributed by atoms with van der Waals surface area (Å²) in [4.78, 5) is 0. The molecular weight excluding hydrogens is 222 g/mol. The first kappa shape index (κ1) is 15.9. The molecule has 0 aromatic rings. The molecule has 0 spiro atoms. The van der Waals surface area contributed by atoms with Gasteiger partial charge in [0.15, 0.2) is 9.84 Å². The Morgan fingerprint density at radius 1 is 1.12 bits per heavy atom. The molecule has 98 valence electrons. The first-order valence-corrected chi connectivity index (χ1v) is 8.18. The fourth-order valence-electron chi connectivity index (χ4n) is 1.54. The third-order valence-electron chi connectivity index (χ3n) is 2.70. The zero-order valence-electron chi connectivity index (χ0n) is 11.1. The molecule has 0 saturated heterocycles. The second kappa shape index (κ2) is 8.07. The largest absolute Gasteiger partial charge is 0.313 e. The van der Waals surface area contributed by atoms with E-state index in [-0.39, 0.29) is 11.8 Å². The van der Waals surface area contributed by atoms with Gasteiger partial charge >= 0.3 is 0 Å². The number of hydrogen-bond donors (Lipinski definition) is 1. The maximum Gasteiger partial charge on any atom is 0.151 e. The van der Waals surface area contributed by atoms with E-state index in [2.05, 4.69) is 26.1 Å². The molecule has 0 saturated carbocycles. The number of hydrogen-bond acceptors (Lipinski definition) is 3. The lowest BCUT2D eigenvalue weighted by Crippen LogP contribution is -2.40. The molecule has 0 fully saturated rings. The zero-order chi connectivity index (χ0) is 12.6. The van der Waals surface area contributed by atoms with Crippen molar-refractivity contribution >= 4 is 9.84 Å². The summed E-state index contributed by atoms with van der Waals surface area (Å²) < 4.78 is 23.7. The fourth-order valence-corrected chi connectivity index (χ4v) is 3.48. The van der Waals surface area contributed by atoms with Crippen LogP contribution < -0.4 is 5.32 Å². The van der Waals surface area contributed by atoms with Crippen LogP contribution in [0.4, 0.5) is 0 Å². The molecular formula is C12H27NO2S. The van der Waals surface area contributed by atoms with Crippen molar-refractivity contribution in [3.05, 3.63) is 0 Å². The van der Waals surface area contributed by atoms with Gasteiger partial charge in [-0.05, 0) is 25.3 Å². The van der Waals surface area contributed by atoms with Crippen molar-refractivity contribution < 1.29 is 8.42 Å². The lowest BCUT2D eigenvalue weighted by molar-refractivity contribution is 0.426. The Bertz CT molecular complexity index is 260. The number of sulfone groups is 1. The third-order valence-corrected chi connectivity index (χ3v) is 4.48. The molecule has 0 aliphatic carbocycles. The van der Waals surface area contributed by atoms with Crippen LogP contribution in [-0.2, 0) is 9.84 Å². The molecule has 0 aromatic heterocycles. The lowest BCUT2D eigenvalue weighted by Gasteiger charge is -2.22. The van der Waals surface area contributed by atoms with Crippen molar-refractivity contribution in [1.82, 2.24) is 5.32 Å². The summed E-state index contributed by atoms with van der Waals surface area (Å²) in [6.07, 6.45) is 2.76. The second-order valence-corrected chi connectivity index (χ2v) is 7.00. The highest BCUT2D eigenvalue weighted by molar-refractivity contribution is 7.91. The third kappa shape index (κ3) is 7.23. The van der Waals surface area contributed by atoms with Crippen molar-refractivity contribution in [1.29, 1.82) is 0 Å². The molecule has 0 aromatic carbocycles. The predicted octanol–water partition coefficient (Wildman–Crippen LogP) is 2.23. The fraction of sp³-hybridized carbons (Fsp3) is 1.00. The van der Waals surface area contributed by atoms with Crippen LogP contribution in [0.3, 0.4) is 0 Å². The highest BCUT2D eigenvalue weighted by atomic mass is 32.2. The van der Waals surface area contributed by atoms with Gasteiger partial charge in [-0.1, -0.05) is 34.1 Å². The number of rotatable bonds is 9. The van der Waals surface area contributed by atoms with Crippen LogP contribution in [0, 0.1) is 5.92 Å². The monoisotopic (exact) mass is 249 g/mol. The van der Waals surface area contributed by atoms with E-state index in [0.717, 1.165) is 25.8 Å². The van der Waals surface area contributed by atoms with Gasteiger partial charge in [0.1, 0.15) is 0 Å². The van der Waals surface area contributed by atoms with Crippen LogP contribution in [0.5, 0.6) is 0 Å². The molecule has 3 nitrogen and oxygen atoms in total. The normalized spacial score (nSPS) is 14.3. The van der Waals surface area contributed by atoms with Crippen LogP contribution in [-0.4, -0.2) is 32.5 Å². The Labute approximate surface area is 101 Å². The molecule has 0 radical (unpaired) electrons. The zero-order valence-corrected chi connectivity index (χ0v) is 11.9. The van der Waals surface area contributed by atoms with Crippen molar-refractivity contribution in [3.8, 4) is 0 Å². The van der Waals surface area contributed by atoms with Gasteiger partial charge in [0.2, 0.25) is 0 Å². The Morgan fingerprint density at radius 2 is 1.75 bits per heavy atom. The smallest absolute Gasteiger partial charge is 0.151 e. The predicted molar refractivity (Wildman–Crippen MR) is 70.5 cm³/mol. The molecule has 0 aliphatic rings. The van der Waals surface area contributed by atoms with Crippen LogP contribution in [0.25, 0.3) is 0 Å². The summed E-state index contributed by atoms with van der Waals surface area (Å²) in [5.41, 5.74) is 0. The van der Waals surface area contributed by atoms with Gasteiger partial charge in [0, 0.05) is 6.04 Å². The molecule has 0 amide bonds. The summed E-state index contributed by atoms with van der Waals surface area (Å²) in [6.45, 7) is 9.15. The Hall–Kier alpha value is -0.0900. The van der Waals surface area contributed by atoms with E-state index in [1.165, 1.54) is 0 Å². The topological polar surface area (TPSA) is 46.2 Å². The highest BCUT2D eigenvalue weighted by Crippen LogP contribution is 2.07. The van der Waals surface area contributed by atoms with E-state index in [1.807, 2.05) is 6.92 Å². The average molecular weight is 249 g/mol. The van der Waals surface area contributed by atoms with E-state index in [4.69, 9.17) is 0 Å². The summed E-state index contributed by atoms with van der Waals surface area (Å²) in [5, 5.41) is 3.32.